The van der Waals surface area contributed by atoms with Gasteiger partial charge in [0.1, 0.15) is 0 Å². The maximum atomic E-state index is 6.61. The number of nitrogens with zero attached hydrogens (tertiary/aromatic N) is 1. The molecule has 0 amide bonds. The predicted octanol–water partition coefficient (Wildman–Crippen LogP) is 4.65. The largest absolute Gasteiger partial charge is 0.371 e. The fraction of sp³-hybridized carbons (Fsp3) is 0.684. The summed E-state index contributed by atoms with van der Waals surface area (Å²) in [5.74, 6) is 0.850. The summed E-state index contributed by atoms with van der Waals surface area (Å²) < 4.78 is 0. The second-order valence-corrected chi connectivity index (χ2v) is 6.95. The van der Waals surface area contributed by atoms with E-state index < -0.39 is 0 Å². The molecule has 0 radical (unpaired) electrons. The van der Waals surface area contributed by atoms with Gasteiger partial charge in [-0.25, -0.2) is 0 Å². The highest BCUT2D eigenvalue weighted by atomic mass is 15.1. The minimum atomic E-state index is 0.214. The highest BCUT2D eigenvalue weighted by Gasteiger charge is 2.21. The van der Waals surface area contributed by atoms with Crippen LogP contribution in [0.3, 0.4) is 0 Å². The standard InChI is InChI=1S/C19H30N2/c20-18(15-16-9-3-1-4-10-16)17-11-5-6-12-19(17)21-13-7-2-8-14-21/h5-6,11-12,16,18H,1-4,7-10,13-15,20H2. The van der Waals surface area contributed by atoms with Crippen molar-refractivity contribution >= 4 is 5.69 Å². The summed E-state index contributed by atoms with van der Waals surface area (Å²) in [6, 6.07) is 9.08. The molecule has 0 aromatic heterocycles. The Kier molecular flexibility index (Phi) is 5.18. The second kappa shape index (κ2) is 7.31. The van der Waals surface area contributed by atoms with Crippen molar-refractivity contribution in [3.05, 3.63) is 29.8 Å². The first kappa shape index (κ1) is 14.9. The molecule has 1 saturated carbocycles. The molecule has 1 aliphatic heterocycles. The molecule has 1 aliphatic carbocycles. The highest BCUT2D eigenvalue weighted by molar-refractivity contribution is 5.55. The van der Waals surface area contributed by atoms with Gasteiger partial charge in [-0.15, -0.1) is 0 Å². The highest BCUT2D eigenvalue weighted by Crippen LogP contribution is 2.34. The van der Waals surface area contributed by atoms with Gasteiger partial charge in [-0.2, -0.15) is 0 Å². The van der Waals surface area contributed by atoms with Crippen molar-refractivity contribution in [1.29, 1.82) is 0 Å². The fourth-order valence-corrected chi connectivity index (χ4v) is 4.13. The molecule has 116 valence electrons. The SMILES string of the molecule is NC(CC1CCCCC1)c1ccccc1N1CCCCC1. The maximum absolute atomic E-state index is 6.61. The van der Waals surface area contributed by atoms with Gasteiger partial charge in [0.15, 0.2) is 0 Å². The van der Waals surface area contributed by atoms with Crippen LogP contribution in [0.15, 0.2) is 24.3 Å². The van der Waals surface area contributed by atoms with E-state index in [4.69, 9.17) is 5.73 Å². The Balaban J connectivity index is 1.70. The summed E-state index contributed by atoms with van der Waals surface area (Å²) in [5, 5.41) is 0. The van der Waals surface area contributed by atoms with Crippen LogP contribution in [0.4, 0.5) is 5.69 Å². The van der Waals surface area contributed by atoms with Crippen LogP contribution in [0, 0.1) is 5.92 Å². The molecule has 1 heterocycles. The van der Waals surface area contributed by atoms with Gasteiger partial charge < -0.3 is 10.6 Å². The van der Waals surface area contributed by atoms with Gasteiger partial charge in [0.05, 0.1) is 0 Å². The Hall–Kier alpha value is -1.02. The van der Waals surface area contributed by atoms with Crippen molar-refractivity contribution < 1.29 is 0 Å². The molecule has 2 N–H and O–H groups in total. The second-order valence-electron chi connectivity index (χ2n) is 6.95. The molecular formula is C19H30N2. The van der Waals surface area contributed by atoms with E-state index in [1.54, 1.807) is 0 Å². The zero-order chi connectivity index (χ0) is 14.5. The van der Waals surface area contributed by atoms with Gasteiger partial charge >= 0.3 is 0 Å². The third-order valence-corrected chi connectivity index (χ3v) is 5.34. The van der Waals surface area contributed by atoms with E-state index >= 15 is 0 Å². The van der Waals surface area contributed by atoms with Gasteiger partial charge in [-0.3, -0.25) is 0 Å². The van der Waals surface area contributed by atoms with E-state index in [1.165, 1.54) is 82.1 Å². The lowest BCUT2D eigenvalue weighted by Gasteiger charge is -2.33. The minimum absolute atomic E-state index is 0.214. The molecule has 2 fully saturated rings. The number of hydrogen-bond acceptors (Lipinski definition) is 2. The van der Waals surface area contributed by atoms with Crippen LogP contribution < -0.4 is 10.6 Å². The Bertz CT molecular complexity index is 431. The number of nitrogens with two attached hydrogens (primary N) is 1. The van der Waals surface area contributed by atoms with E-state index in [0.29, 0.717) is 0 Å². The van der Waals surface area contributed by atoms with Crippen molar-refractivity contribution in [2.24, 2.45) is 11.7 Å². The van der Waals surface area contributed by atoms with Crippen molar-refractivity contribution in [2.75, 3.05) is 18.0 Å². The monoisotopic (exact) mass is 286 g/mol. The molecule has 0 spiro atoms. The van der Waals surface area contributed by atoms with E-state index in [-0.39, 0.29) is 6.04 Å². The smallest absolute Gasteiger partial charge is 0.0414 e. The van der Waals surface area contributed by atoms with Crippen LogP contribution in [0.25, 0.3) is 0 Å². The zero-order valence-electron chi connectivity index (χ0n) is 13.3. The van der Waals surface area contributed by atoms with Crippen LogP contribution in [-0.4, -0.2) is 13.1 Å². The molecule has 1 unspecified atom stereocenters. The lowest BCUT2D eigenvalue weighted by Crippen LogP contribution is -2.31. The average Bonchev–Trinajstić information content (AvgIpc) is 2.56. The Morgan fingerprint density at radius 2 is 1.62 bits per heavy atom. The summed E-state index contributed by atoms with van der Waals surface area (Å²) in [7, 11) is 0. The van der Waals surface area contributed by atoms with E-state index in [9.17, 15) is 0 Å². The fourth-order valence-electron chi connectivity index (χ4n) is 4.13. The molecule has 1 saturated heterocycles. The third kappa shape index (κ3) is 3.79. The maximum Gasteiger partial charge on any atom is 0.0414 e. The summed E-state index contributed by atoms with van der Waals surface area (Å²) >= 11 is 0. The van der Waals surface area contributed by atoms with Gasteiger partial charge in [-0.05, 0) is 43.2 Å². The lowest BCUT2D eigenvalue weighted by molar-refractivity contribution is 0.319. The summed E-state index contributed by atoms with van der Waals surface area (Å²) in [6.45, 7) is 2.40. The minimum Gasteiger partial charge on any atom is -0.371 e. The average molecular weight is 286 g/mol. The van der Waals surface area contributed by atoms with E-state index in [1.807, 2.05) is 0 Å². The third-order valence-electron chi connectivity index (χ3n) is 5.34. The summed E-state index contributed by atoms with van der Waals surface area (Å²) in [5.41, 5.74) is 9.39. The van der Waals surface area contributed by atoms with Crippen LogP contribution in [0.5, 0.6) is 0 Å². The van der Waals surface area contributed by atoms with Crippen LogP contribution in [0.1, 0.15) is 69.4 Å². The molecule has 21 heavy (non-hydrogen) atoms. The number of para-hydroxylation sites is 1. The quantitative estimate of drug-likeness (QED) is 0.873. The van der Waals surface area contributed by atoms with Crippen molar-refractivity contribution in [3.63, 3.8) is 0 Å². The zero-order valence-corrected chi connectivity index (χ0v) is 13.3. The molecule has 1 atom stereocenters. The Labute approximate surface area is 129 Å². The summed E-state index contributed by atoms with van der Waals surface area (Å²) in [6.07, 6.45) is 12.2. The Morgan fingerprint density at radius 3 is 2.38 bits per heavy atom. The molecule has 1 aromatic carbocycles. The van der Waals surface area contributed by atoms with Gasteiger partial charge in [-0.1, -0.05) is 50.3 Å². The predicted molar refractivity (Wildman–Crippen MR) is 90.6 cm³/mol. The molecular weight excluding hydrogens is 256 g/mol. The molecule has 3 rings (SSSR count). The number of rotatable bonds is 4. The molecule has 0 bridgehead atoms. The first-order valence-electron chi connectivity index (χ1n) is 8.94. The molecule has 2 aliphatic rings. The van der Waals surface area contributed by atoms with Crippen molar-refractivity contribution in [3.8, 4) is 0 Å². The number of piperidine rings is 1. The van der Waals surface area contributed by atoms with Crippen molar-refractivity contribution in [2.45, 2.75) is 63.8 Å². The van der Waals surface area contributed by atoms with Crippen LogP contribution >= 0.6 is 0 Å². The lowest BCUT2D eigenvalue weighted by atomic mass is 9.83. The normalized spacial score (nSPS) is 22.2. The molecule has 1 aromatic rings. The van der Waals surface area contributed by atoms with Crippen LogP contribution in [0.2, 0.25) is 0 Å². The first-order chi connectivity index (χ1) is 10.3. The Morgan fingerprint density at radius 1 is 0.952 bits per heavy atom. The van der Waals surface area contributed by atoms with Gasteiger partial charge in [0.2, 0.25) is 0 Å². The molecule has 2 heteroatoms. The molecule has 2 nitrogen and oxygen atoms in total. The van der Waals surface area contributed by atoms with Gasteiger partial charge in [0.25, 0.3) is 0 Å². The topological polar surface area (TPSA) is 29.3 Å². The van der Waals surface area contributed by atoms with E-state index in [2.05, 4.69) is 29.2 Å². The van der Waals surface area contributed by atoms with Crippen LogP contribution in [-0.2, 0) is 0 Å². The summed E-state index contributed by atoms with van der Waals surface area (Å²) in [4.78, 5) is 2.56. The number of benzene rings is 1. The first-order valence-corrected chi connectivity index (χ1v) is 8.94. The van der Waals surface area contributed by atoms with Crippen molar-refractivity contribution in [1.82, 2.24) is 0 Å². The number of hydrogen-bond donors (Lipinski definition) is 1. The number of anilines is 1. The van der Waals surface area contributed by atoms with E-state index in [0.717, 1.165) is 5.92 Å². The van der Waals surface area contributed by atoms with Gasteiger partial charge in [0, 0.05) is 24.8 Å².